The van der Waals surface area contributed by atoms with Gasteiger partial charge in [-0.15, -0.1) is 0 Å². The molecule has 2 aromatic rings. The molecule has 0 fully saturated rings. The van der Waals surface area contributed by atoms with Crippen molar-refractivity contribution in [1.29, 1.82) is 0 Å². The van der Waals surface area contributed by atoms with Crippen LogP contribution in [-0.2, 0) is 27.7 Å². The summed E-state index contributed by atoms with van der Waals surface area (Å²) in [6, 6.07) is 11.2. The van der Waals surface area contributed by atoms with E-state index in [1.54, 1.807) is 30.3 Å². The van der Waals surface area contributed by atoms with Crippen molar-refractivity contribution in [3.05, 3.63) is 59.4 Å². The van der Waals surface area contributed by atoms with E-state index >= 15 is 0 Å². The molecule has 1 aliphatic heterocycles. The van der Waals surface area contributed by atoms with E-state index < -0.39 is 10.0 Å². The predicted molar refractivity (Wildman–Crippen MR) is 97.9 cm³/mol. The number of carbonyl (C=O) groups excluding carboxylic acids is 1. The molecule has 2 N–H and O–H groups in total. The van der Waals surface area contributed by atoms with Crippen LogP contribution in [0.25, 0.3) is 0 Å². The number of benzene rings is 2. The number of aryl methyl sites for hydroxylation is 2. The highest BCUT2D eigenvalue weighted by atomic mass is 32.2. The zero-order chi connectivity index (χ0) is 18.6. The number of hydrogen-bond donors (Lipinski definition) is 2. The van der Waals surface area contributed by atoms with E-state index in [1.807, 2.05) is 0 Å². The van der Waals surface area contributed by atoms with Gasteiger partial charge in [0.1, 0.15) is 5.82 Å². The minimum absolute atomic E-state index is 0.0503. The normalized spacial score (nSPS) is 14.4. The van der Waals surface area contributed by atoms with Gasteiger partial charge in [0, 0.05) is 18.7 Å². The summed E-state index contributed by atoms with van der Waals surface area (Å²) in [5.41, 5.74) is 2.07. The van der Waals surface area contributed by atoms with Crippen LogP contribution in [0.15, 0.2) is 47.4 Å². The van der Waals surface area contributed by atoms with Gasteiger partial charge in [0.05, 0.1) is 4.90 Å². The van der Waals surface area contributed by atoms with Crippen LogP contribution in [0.5, 0.6) is 0 Å². The van der Waals surface area contributed by atoms with E-state index in [0.29, 0.717) is 43.4 Å². The van der Waals surface area contributed by atoms with E-state index in [1.165, 1.54) is 12.1 Å². The fourth-order valence-electron chi connectivity index (χ4n) is 2.99. The molecule has 0 saturated heterocycles. The quantitative estimate of drug-likeness (QED) is 0.761. The second kappa shape index (κ2) is 7.97. The Morgan fingerprint density at radius 2 is 1.92 bits per heavy atom. The van der Waals surface area contributed by atoms with Gasteiger partial charge in [-0.25, -0.2) is 17.5 Å². The van der Waals surface area contributed by atoms with Crippen LogP contribution >= 0.6 is 0 Å². The first-order valence-electron chi connectivity index (χ1n) is 8.61. The van der Waals surface area contributed by atoms with Gasteiger partial charge in [-0.2, -0.15) is 0 Å². The molecule has 0 unspecified atom stereocenters. The summed E-state index contributed by atoms with van der Waals surface area (Å²) < 4.78 is 41.1. The van der Waals surface area contributed by atoms with Gasteiger partial charge in [-0.3, -0.25) is 4.79 Å². The molecule has 1 aliphatic rings. The average molecular weight is 376 g/mol. The maximum absolute atomic E-state index is 13.6. The van der Waals surface area contributed by atoms with Gasteiger partial charge in [0.15, 0.2) is 0 Å². The molecular formula is C19H21FN2O3S. The van der Waals surface area contributed by atoms with Crippen LogP contribution in [-0.4, -0.2) is 20.9 Å². The highest BCUT2D eigenvalue weighted by Crippen LogP contribution is 2.25. The summed E-state index contributed by atoms with van der Waals surface area (Å²) in [6.07, 6.45) is 2.75. The smallest absolute Gasteiger partial charge is 0.240 e. The molecule has 1 heterocycles. The Hall–Kier alpha value is -2.25. The first kappa shape index (κ1) is 18.5. The van der Waals surface area contributed by atoms with Crippen molar-refractivity contribution in [3.63, 3.8) is 0 Å². The SMILES string of the molecule is O=C1CCCc2cc(S(=O)(=O)NCCCc3ccccc3F)ccc2N1. The van der Waals surface area contributed by atoms with Gasteiger partial charge in [-0.1, -0.05) is 18.2 Å². The molecule has 0 radical (unpaired) electrons. The molecule has 0 bridgehead atoms. The molecule has 26 heavy (non-hydrogen) atoms. The molecule has 5 nitrogen and oxygen atoms in total. The maximum Gasteiger partial charge on any atom is 0.240 e. The zero-order valence-electron chi connectivity index (χ0n) is 14.3. The lowest BCUT2D eigenvalue weighted by molar-refractivity contribution is -0.116. The Labute approximate surface area is 152 Å². The van der Waals surface area contributed by atoms with E-state index in [0.717, 1.165) is 5.56 Å². The van der Waals surface area contributed by atoms with Crippen molar-refractivity contribution >= 4 is 21.6 Å². The number of amides is 1. The summed E-state index contributed by atoms with van der Waals surface area (Å²) in [5.74, 6) is -0.325. The molecule has 3 rings (SSSR count). The number of anilines is 1. The number of nitrogens with one attached hydrogen (secondary N) is 2. The van der Waals surface area contributed by atoms with Gasteiger partial charge in [0.25, 0.3) is 0 Å². The fourth-order valence-corrected chi connectivity index (χ4v) is 4.11. The number of rotatable bonds is 6. The first-order chi connectivity index (χ1) is 12.5. The number of fused-ring (bicyclic) bond motifs is 1. The molecule has 0 atom stereocenters. The lowest BCUT2D eigenvalue weighted by Crippen LogP contribution is -2.25. The third-order valence-corrected chi connectivity index (χ3v) is 5.84. The maximum atomic E-state index is 13.6. The van der Waals surface area contributed by atoms with Crippen molar-refractivity contribution in [2.24, 2.45) is 0 Å². The van der Waals surface area contributed by atoms with Crippen LogP contribution in [0.1, 0.15) is 30.4 Å². The lowest BCUT2D eigenvalue weighted by atomic mass is 10.1. The molecule has 0 saturated carbocycles. The van der Waals surface area contributed by atoms with Crippen LogP contribution in [0.3, 0.4) is 0 Å². The largest absolute Gasteiger partial charge is 0.326 e. The Bertz CT molecular complexity index is 913. The van der Waals surface area contributed by atoms with E-state index in [2.05, 4.69) is 10.0 Å². The summed E-state index contributed by atoms with van der Waals surface area (Å²) in [6.45, 7) is 0.227. The van der Waals surface area contributed by atoms with Crippen molar-refractivity contribution in [2.75, 3.05) is 11.9 Å². The topological polar surface area (TPSA) is 75.3 Å². The second-order valence-corrected chi connectivity index (χ2v) is 8.08. The van der Waals surface area contributed by atoms with Crippen molar-refractivity contribution in [2.45, 2.75) is 37.0 Å². The van der Waals surface area contributed by atoms with Crippen LogP contribution < -0.4 is 10.0 Å². The van der Waals surface area contributed by atoms with Crippen molar-refractivity contribution in [1.82, 2.24) is 4.72 Å². The third-order valence-electron chi connectivity index (χ3n) is 4.38. The molecule has 0 aromatic heterocycles. The summed E-state index contributed by atoms with van der Waals surface area (Å²) >= 11 is 0. The van der Waals surface area contributed by atoms with E-state index in [-0.39, 0.29) is 23.2 Å². The molecule has 138 valence electrons. The number of sulfonamides is 1. The summed E-state index contributed by atoms with van der Waals surface area (Å²) in [7, 11) is -3.64. The van der Waals surface area contributed by atoms with E-state index in [4.69, 9.17) is 0 Å². The molecule has 0 spiro atoms. The lowest BCUT2D eigenvalue weighted by Gasteiger charge is -2.11. The Morgan fingerprint density at radius 3 is 2.73 bits per heavy atom. The number of halogens is 1. The fraction of sp³-hybridized carbons (Fsp3) is 0.316. The van der Waals surface area contributed by atoms with Gasteiger partial charge in [-0.05, 0) is 61.1 Å². The van der Waals surface area contributed by atoms with E-state index in [9.17, 15) is 17.6 Å². The monoisotopic (exact) mass is 376 g/mol. The second-order valence-electron chi connectivity index (χ2n) is 6.31. The number of hydrogen-bond acceptors (Lipinski definition) is 3. The summed E-state index contributed by atoms with van der Waals surface area (Å²) in [4.78, 5) is 11.8. The van der Waals surface area contributed by atoms with Crippen LogP contribution in [0, 0.1) is 5.82 Å². The highest BCUT2D eigenvalue weighted by molar-refractivity contribution is 7.89. The third kappa shape index (κ3) is 4.47. The van der Waals surface area contributed by atoms with Crippen LogP contribution in [0.4, 0.5) is 10.1 Å². The molecule has 2 aromatic carbocycles. The average Bonchev–Trinajstić information content (AvgIpc) is 2.80. The van der Waals surface area contributed by atoms with Gasteiger partial charge >= 0.3 is 0 Å². The Balaban J connectivity index is 1.62. The standard InChI is InChI=1S/C19H21FN2O3S/c20-17-8-2-1-5-14(17)7-4-12-21-26(24,25)16-10-11-18-15(13-16)6-3-9-19(23)22-18/h1-2,5,8,10-11,13,21H,3-4,6-7,9,12H2,(H,22,23). The molecular weight excluding hydrogens is 355 g/mol. The van der Waals surface area contributed by atoms with Gasteiger partial charge in [0.2, 0.25) is 15.9 Å². The molecule has 1 amide bonds. The minimum Gasteiger partial charge on any atom is -0.326 e. The molecule has 0 aliphatic carbocycles. The van der Waals surface area contributed by atoms with Crippen molar-refractivity contribution < 1.29 is 17.6 Å². The first-order valence-corrected chi connectivity index (χ1v) is 10.1. The Morgan fingerprint density at radius 1 is 1.12 bits per heavy atom. The number of carbonyl (C=O) groups is 1. The molecule has 7 heteroatoms. The zero-order valence-corrected chi connectivity index (χ0v) is 15.1. The Kier molecular flexibility index (Phi) is 5.68. The minimum atomic E-state index is -3.64. The predicted octanol–water partition coefficient (Wildman–Crippen LogP) is 3.01. The van der Waals surface area contributed by atoms with Gasteiger partial charge < -0.3 is 5.32 Å². The summed E-state index contributed by atoms with van der Waals surface area (Å²) in [5, 5.41) is 2.79. The van der Waals surface area contributed by atoms with Crippen LogP contribution in [0.2, 0.25) is 0 Å². The van der Waals surface area contributed by atoms with Crippen molar-refractivity contribution in [3.8, 4) is 0 Å². The highest BCUT2D eigenvalue weighted by Gasteiger charge is 2.18.